The van der Waals surface area contributed by atoms with Crippen molar-refractivity contribution >= 4 is 52.7 Å². The fourth-order valence-electron chi connectivity index (χ4n) is 4.59. The van der Waals surface area contributed by atoms with E-state index in [-0.39, 0.29) is 23.6 Å². The number of thioether (sulfide) groups is 1. The predicted molar refractivity (Wildman–Crippen MR) is 140 cm³/mol. The van der Waals surface area contributed by atoms with Crippen molar-refractivity contribution in [1.29, 1.82) is 0 Å². The molecule has 7 heteroatoms. The molecule has 34 heavy (non-hydrogen) atoms. The maximum atomic E-state index is 13.4. The van der Waals surface area contributed by atoms with E-state index in [9.17, 15) is 4.79 Å². The number of aromatic nitrogens is 1. The van der Waals surface area contributed by atoms with Gasteiger partial charge < -0.3 is 0 Å². The smallest absolute Gasteiger partial charge is 0.253 e. The Morgan fingerprint density at radius 2 is 1.76 bits per heavy atom. The number of carbonyl (C=O) groups excluding carboxylic acids is 1. The Balaban J connectivity index is 1.47. The van der Waals surface area contributed by atoms with Gasteiger partial charge >= 0.3 is 0 Å². The van der Waals surface area contributed by atoms with E-state index >= 15 is 0 Å². The van der Waals surface area contributed by atoms with Crippen molar-refractivity contribution in [3.05, 3.63) is 99.7 Å². The number of nitrogens with zero attached hydrogens (tertiary/aromatic N) is 3. The number of rotatable bonds is 5. The van der Waals surface area contributed by atoms with Gasteiger partial charge in [0, 0.05) is 22.2 Å². The lowest BCUT2D eigenvalue weighted by Gasteiger charge is -2.29. The molecular weight excluding hydrogens is 485 g/mol. The Bertz CT molecular complexity index is 1230. The summed E-state index contributed by atoms with van der Waals surface area (Å²) in [6.07, 6.45) is 6.90. The number of hydrazone groups is 1. The predicted octanol–water partition coefficient (Wildman–Crippen LogP) is 7.30. The summed E-state index contributed by atoms with van der Waals surface area (Å²) in [5.41, 5.74) is 4.33. The van der Waals surface area contributed by atoms with Crippen LogP contribution in [0.5, 0.6) is 0 Å². The molecule has 0 N–H and O–H groups in total. The highest BCUT2D eigenvalue weighted by Gasteiger charge is 2.43. The minimum Gasteiger partial charge on any atom is -0.272 e. The zero-order valence-electron chi connectivity index (χ0n) is 18.4. The molecule has 4 nitrogen and oxygen atoms in total. The number of allylic oxidation sites excluding steroid dienone is 1. The fraction of sp³-hybridized carbons (Fsp3) is 0.222. The summed E-state index contributed by atoms with van der Waals surface area (Å²) in [5, 5.41) is 8.85. The van der Waals surface area contributed by atoms with E-state index in [1.54, 1.807) is 11.2 Å². The molecule has 5 rings (SSSR count). The molecule has 0 spiro atoms. The van der Waals surface area contributed by atoms with Crippen molar-refractivity contribution in [1.82, 2.24) is 9.99 Å². The summed E-state index contributed by atoms with van der Waals surface area (Å²) >= 11 is 13.7. The first kappa shape index (κ1) is 23.2. The van der Waals surface area contributed by atoms with E-state index in [2.05, 4.69) is 11.1 Å². The highest BCUT2D eigenvalue weighted by Crippen LogP contribution is 2.44. The molecule has 1 aromatic heterocycles. The number of halogens is 2. The molecule has 3 aromatic rings. The normalized spacial score (nSPS) is 20.8. The van der Waals surface area contributed by atoms with Crippen molar-refractivity contribution in [3.63, 3.8) is 0 Å². The lowest BCUT2D eigenvalue weighted by Crippen LogP contribution is -2.32. The summed E-state index contributed by atoms with van der Waals surface area (Å²) < 4.78 is 0. The second-order valence-electron chi connectivity index (χ2n) is 8.40. The number of benzene rings is 2. The van der Waals surface area contributed by atoms with Crippen LogP contribution in [0.15, 0.2) is 88.6 Å². The van der Waals surface area contributed by atoms with Crippen LogP contribution in [-0.2, 0) is 4.79 Å². The van der Waals surface area contributed by atoms with Crippen LogP contribution in [0.3, 0.4) is 0 Å². The molecule has 1 saturated carbocycles. The van der Waals surface area contributed by atoms with Crippen LogP contribution in [0, 0.1) is 5.92 Å². The fourth-order valence-corrected chi connectivity index (χ4v) is 5.56. The molecule has 0 radical (unpaired) electrons. The van der Waals surface area contributed by atoms with E-state index in [4.69, 9.17) is 28.3 Å². The monoisotopic (exact) mass is 507 g/mol. The second-order valence-corrected chi connectivity index (χ2v) is 10.3. The molecule has 2 heterocycles. The molecule has 172 valence electrons. The molecule has 2 aromatic carbocycles. The minimum absolute atomic E-state index is 0.0247. The highest BCUT2D eigenvalue weighted by molar-refractivity contribution is 7.99. The minimum atomic E-state index is -0.141. The van der Waals surface area contributed by atoms with Crippen molar-refractivity contribution in [3.8, 4) is 0 Å². The Morgan fingerprint density at radius 1 is 1.03 bits per heavy atom. The molecule has 1 fully saturated rings. The van der Waals surface area contributed by atoms with E-state index < -0.39 is 0 Å². The average molecular weight is 508 g/mol. The molecule has 2 unspecified atom stereocenters. The Kier molecular flexibility index (Phi) is 7.05. The maximum absolute atomic E-state index is 13.4. The first-order valence-electron chi connectivity index (χ1n) is 11.2. The number of pyridine rings is 1. The van der Waals surface area contributed by atoms with Crippen LogP contribution in [-0.4, -0.2) is 27.4 Å². The van der Waals surface area contributed by atoms with Gasteiger partial charge in [0.05, 0.1) is 22.5 Å². The van der Waals surface area contributed by atoms with Gasteiger partial charge in [-0.25, -0.2) is 9.99 Å². The molecule has 0 bridgehead atoms. The van der Waals surface area contributed by atoms with Gasteiger partial charge in [-0.3, -0.25) is 4.79 Å². The second kappa shape index (κ2) is 10.3. The van der Waals surface area contributed by atoms with Crippen molar-refractivity contribution in [2.75, 3.05) is 5.75 Å². The summed E-state index contributed by atoms with van der Waals surface area (Å²) in [7, 11) is 0. The number of carbonyl (C=O) groups is 1. The molecule has 1 aliphatic carbocycles. The first-order valence-corrected chi connectivity index (χ1v) is 13.0. The molecule has 2 atom stereocenters. The third-order valence-electron chi connectivity index (χ3n) is 6.16. The Morgan fingerprint density at radius 3 is 2.47 bits per heavy atom. The van der Waals surface area contributed by atoms with Crippen molar-refractivity contribution < 1.29 is 4.79 Å². The van der Waals surface area contributed by atoms with Crippen LogP contribution in [0.25, 0.3) is 6.08 Å². The largest absolute Gasteiger partial charge is 0.272 e. The maximum Gasteiger partial charge on any atom is 0.253 e. The van der Waals surface area contributed by atoms with Crippen molar-refractivity contribution in [2.45, 2.75) is 30.3 Å². The molecular formula is C27H23Cl2N3OS. The lowest BCUT2D eigenvalue weighted by atomic mass is 9.77. The van der Waals surface area contributed by atoms with Gasteiger partial charge in [-0.2, -0.15) is 5.10 Å². The molecule has 0 saturated heterocycles. The van der Waals surface area contributed by atoms with E-state index in [1.165, 1.54) is 17.3 Å². The summed E-state index contributed by atoms with van der Waals surface area (Å²) in [4.78, 5) is 17.7. The van der Waals surface area contributed by atoms with Gasteiger partial charge in [0.1, 0.15) is 0 Å². The lowest BCUT2D eigenvalue weighted by molar-refractivity contribution is -0.130. The van der Waals surface area contributed by atoms with Gasteiger partial charge in [0.2, 0.25) is 0 Å². The SMILES string of the molecule is O=C(CSc1ccccn1)N1N=C2/C(=C\c3ccc(Cl)cc3)CCCC2C1c1ccc(Cl)cc1. The van der Waals surface area contributed by atoms with Crippen molar-refractivity contribution in [2.24, 2.45) is 11.0 Å². The first-order chi connectivity index (χ1) is 16.6. The molecule has 1 aliphatic heterocycles. The summed E-state index contributed by atoms with van der Waals surface area (Å²) in [6.45, 7) is 0. The van der Waals surface area contributed by atoms with Crippen LogP contribution >= 0.6 is 35.0 Å². The van der Waals surface area contributed by atoms with Gasteiger partial charge in [-0.15, -0.1) is 0 Å². The number of fused-ring (bicyclic) bond motifs is 1. The van der Waals surface area contributed by atoms with Crippen LogP contribution in [0.1, 0.15) is 36.4 Å². The van der Waals surface area contributed by atoms with E-state index in [1.807, 2.05) is 66.7 Å². The number of hydrogen-bond acceptors (Lipinski definition) is 4. The van der Waals surface area contributed by atoms with Gasteiger partial charge in [-0.1, -0.05) is 65.3 Å². The van der Waals surface area contributed by atoms with Crippen LogP contribution in [0.4, 0.5) is 0 Å². The summed E-state index contributed by atoms with van der Waals surface area (Å²) in [6, 6.07) is 21.2. The average Bonchev–Trinajstić information content (AvgIpc) is 3.26. The van der Waals surface area contributed by atoms with Gasteiger partial charge in [-0.05, 0) is 78.4 Å². The third-order valence-corrected chi connectivity index (χ3v) is 7.59. The standard InChI is InChI=1S/C27H23Cl2N3OS/c28-21-11-7-18(8-12-21)16-20-4-3-5-23-26(20)31-32(27(23)19-9-13-22(29)14-10-19)25(33)17-34-24-6-1-2-15-30-24/h1-2,6-16,23,27H,3-5,17H2/b20-16-. The van der Waals surface area contributed by atoms with Crippen LogP contribution in [0.2, 0.25) is 10.0 Å². The van der Waals surface area contributed by atoms with E-state index in [0.29, 0.717) is 10.0 Å². The molecule has 2 aliphatic rings. The number of amides is 1. The summed E-state index contributed by atoms with van der Waals surface area (Å²) in [5.74, 6) is 0.404. The highest BCUT2D eigenvalue weighted by atomic mass is 35.5. The van der Waals surface area contributed by atoms with E-state index in [0.717, 1.165) is 41.1 Å². The zero-order chi connectivity index (χ0) is 23.5. The Labute approximate surface area is 213 Å². The van der Waals surface area contributed by atoms with Crippen LogP contribution < -0.4 is 0 Å². The van der Waals surface area contributed by atoms with Gasteiger partial charge in [0.25, 0.3) is 5.91 Å². The third kappa shape index (κ3) is 5.07. The zero-order valence-corrected chi connectivity index (χ0v) is 20.7. The molecule has 1 amide bonds. The Hall–Kier alpha value is -2.60. The number of hydrogen-bond donors (Lipinski definition) is 0. The topological polar surface area (TPSA) is 45.6 Å². The van der Waals surface area contributed by atoms with Gasteiger partial charge in [0.15, 0.2) is 0 Å². The quantitative estimate of drug-likeness (QED) is 0.340.